The number of ether oxygens (including phenoxy) is 1. The molecule has 0 saturated carbocycles. The molecule has 0 unspecified atom stereocenters. The first-order valence-corrected chi connectivity index (χ1v) is 12.7. The van der Waals surface area contributed by atoms with E-state index >= 15 is 0 Å². The number of nitrogens with one attached hydrogen (secondary N) is 1. The summed E-state index contributed by atoms with van der Waals surface area (Å²) in [5, 5.41) is 3.29. The third-order valence-electron chi connectivity index (χ3n) is 5.02. The van der Waals surface area contributed by atoms with Crippen LogP contribution in [0.3, 0.4) is 0 Å². The molecule has 1 aliphatic heterocycles. The largest absolute Gasteiger partial charge is 0.497 e. The lowest BCUT2D eigenvalue weighted by Crippen LogP contribution is -2.31. The van der Waals surface area contributed by atoms with Crippen molar-refractivity contribution in [3.8, 4) is 5.75 Å². The first-order valence-electron chi connectivity index (χ1n) is 10.3. The normalized spacial score (nSPS) is 13.3. The predicted molar refractivity (Wildman–Crippen MR) is 131 cm³/mol. The Morgan fingerprint density at radius 3 is 2.48 bits per heavy atom. The van der Waals surface area contributed by atoms with Crippen LogP contribution in [0.25, 0.3) is 0 Å². The molecule has 0 radical (unpaired) electrons. The highest BCUT2D eigenvalue weighted by Gasteiger charge is 2.26. The zero-order valence-corrected chi connectivity index (χ0v) is 19.6. The van der Waals surface area contributed by atoms with Gasteiger partial charge in [-0.15, -0.1) is 0 Å². The number of sulfonamides is 1. The van der Waals surface area contributed by atoms with Crippen molar-refractivity contribution in [1.82, 2.24) is 5.32 Å². The molecule has 3 aromatic carbocycles. The number of hydrogen-bond donors (Lipinski definition) is 1. The molecule has 1 heterocycles. The molecule has 1 N–H and O–H groups in total. The number of aliphatic imine (C=N–C) groups is 1. The van der Waals surface area contributed by atoms with Gasteiger partial charge in [-0.05, 0) is 48.0 Å². The van der Waals surface area contributed by atoms with Gasteiger partial charge in [-0.3, -0.25) is 14.1 Å². The van der Waals surface area contributed by atoms with Gasteiger partial charge in [0.25, 0.3) is 15.9 Å². The summed E-state index contributed by atoms with van der Waals surface area (Å²) in [6.07, 6.45) is 0. The number of rotatable bonds is 7. The maximum atomic E-state index is 13.7. The van der Waals surface area contributed by atoms with E-state index in [9.17, 15) is 13.2 Å². The van der Waals surface area contributed by atoms with Crippen molar-refractivity contribution < 1.29 is 17.9 Å². The van der Waals surface area contributed by atoms with Gasteiger partial charge in [-0.25, -0.2) is 8.42 Å². The van der Waals surface area contributed by atoms with Gasteiger partial charge >= 0.3 is 0 Å². The van der Waals surface area contributed by atoms with Crippen molar-refractivity contribution >= 4 is 38.5 Å². The Balaban J connectivity index is 1.68. The van der Waals surface area contributed by atoms with E-state index in [1.54, 1.807) is 43.5 Å². The second-order valence-electron chi connectivity index (χ2n) is 7.21. The Morgan fingerprint density at radius 1 is 1.06 bits per heavy atom. The fourth-order valence-corrected chi connectivity index (χ4v) is 5.54. The van der Waals surface area contributed by atoms with E-state index in [0.717, 1.165) is 11.3 Å². The molecule has 1 aliphatic rings. The van der Waals surface area contributed by atoms with Crippen molar-refractivity contribution in [2.75, 3.05) is 23.7 Å². The van der Waals surface area contributed by atoms with E-state index in [2.05, 4.69) is 10.3 Å². The van der Waals surface area contributed by atoms with Crippen molar-refractivity contribution in [3.05, 3.63) is 90.0 Å². The molecule has 0 fully saturated rings. The van der Waals surface area contributed by atoms with Crippen molar-refractivity contribution in [2.45, 2.75) is 11.4 Å². The maximum absolute atomic E-state index is 13.7. The zero-order chi connectivity index (χ0) is 23.3. The monoisotopic (exact) mass is 481 g/mol. The lowest BCUT2D eigenvalue weighted by Gasteiger charge is -2.25. The van der Waals surface area contributed by atoms with Gasteiger partial charge in [0, 0.05) is 11.3 Å². The molecule has 7 nitrogen and oxygen atoms in total. The smallest absolute Gasteiger partial charge is 0.264 e. The van der Waals surface area contributed by atoms with Gasteiger partial charge in [-0.2, -0.15) is 0 Å². The van der Waals surface area contributed by atoms with Crippen LogP contribution in [0.5, 0.6) is 5.75 Å². The van der Waals surface area contributed by atoms with Crippen LogP contribution in [0, 0.1) is 0 Å². The van der Waals surface area contributed by atoms with Crippen LogP contribution in [-0.4, -0.2) is 38.9 Å². The van der Waals surface area contributed by atoms with Gasteiger partial charge < -0.3 is 10.1 Å². The van der Waals surface area contributed by atoms with E-state index in [4.69, 9.17) is 4.74 Å². The van der Waals surface area contributed by atoms with Crippen LogP contribution < -0.4 is 14.4 Å². The van der Waals surface area contributed by atoms with Gasteiger partial charge in [0.15, 0.2) is 5.17 Å². The van der Waals surface area contributed by atoms with Gasteiger partial charge in [0.1, 0.15) is 5.75 Å². The number of carbonyl (C=O) groups is 1. The third-order valence-corrected chi connectivity index (χ3v) is 7.68. The molecule has 0 spiro atoms. The van der Waals surface area contributed by atoms with Crippen molar-refractivity contribution in [2.24, 2.45) is 4.99 Å². The van der Waals surface area contributed by atoms with Crippen molar-refractivity contribution in [3.63, 3.8) is 0 Å². The van der Waals surface area contributed by atoms with Gasteiger partial charge in [-0.1, -0.05) is 48.2 Å². The standard InChI is InChI=1S/C24H23N3O4S2/c1-31-21-12-10-20(11-13-21)27(17-18-6-3-2-4-7-18)33(29,30)22-9-5-8-19(16-22)23(28)26-24-25-14-15-32-24/h2-13,16H,14-15,17H2,1H3,(H,25,26,28). The van der Waals surface area contributed by atoms with Crippen LogP contribution in [0.15, 0.2) is 88.8 Å². The van der Waals surface area contributed by atoms with Crippen LogP contribution >= 0.6 is 11.8 Å². The minimum Gasteiger partial charge on any atom is -0.497 e. The average Bonchev–Trinajstić information content (AvgIpc) is 3.36. The number of nitrogens with zero attached hydrogens (tertiary/aromatic N) is 2. The molecule has 3 aromatic rings. The minimum atomic E-state index is -3.98. The number of carbonyl (C=O) groups excluding carboxylic acids is 1. The highest BCUT2D eigenvalue weighted by atomic mass is 32.2. The van der Waals surface area contributed by atoms with E-state index in [-0.39, 0.29) is 22.9 Å². The summed E-state index contributed by atoms with van der Waals surface area (Å²) in [4.78, 5) is 16.9. The zero-order valence-electron chi connectivity index (χ0n) is 18.0. The molecule has 0 aromatic heterocycles. The number of methoxy groups -OCH3 is 1. The predicted octanol–water partition coefficient (Wildman–Crippen LogP) is 3.92. The van der Waals surface area contributed by atoms with Gasteiger partial charge in [0.2, 0.25) is 0 Å². The molecular weight excluding hydrogens is 458 g/mol. The number of anilines is 1. The highest BCUT2D eigenvalue weighted by Crippen LogP contribution is 2.28. The molecule has 1 amide bonds. The minimum absolute atomic E-state index is 0.0305. The third kappa shape index (κ3) is 5.37. The molecule has 4 rings (SSSR count). The second-order valence-corrected chi connectivity index (χ2v) is 10.2. The van der Waals surface area contributed by atoms with E-state index in [0.29, 0.717) is 23.1 Å². The quantitative estimate of drug-likeness (QED) is 0.553. The molecule has 33 heavy (non-hydrogen) atoms. The lowest BCUT2D eigenvalue weighted by atomic mass is 10.2. The SMILES string of the molecule is COc1ccc(N(Cc2ccccc2)S(=O)(=O)c2cccc(C(=O)NC3=NCCS3)c2)cc1. The Bertz CT molecular complexity index is 1260. The summed E-state index contributed by atoms with van der Waals surface area (Å²) in [5.74, 6) is 1.06. The summed E-state index contributed by atoms with van der Waals surface area (Å²) in [7, 11) is -2.42. The number of hydrogen-bond acceptors (Lipinski definition) is 6. The molecule has 170 valence electrons. The lowest BCUT2D eigenvalue weighted by molar-refractivity contribution is 0.0977. The fraction of sp³-hybridized carbons (Fsp3) is 0.167. The van der Waals surface area contributed by atoms with Crippen LogP contribution in [0.4, 0.5) is 5.69 Å². The fourth-order valence-electron chi connectivity index (χ4n) is 3.32. The van der Waals surface area contributed by atoms with Crippen LogP contribution in [-0.2, 0) is 16.6 Å². The Kier molecular flexibility index (Phi) is 7.00. The molecular formula is C24H23N3O4S2. The summed E-state index contributed by atoms with van der Waals surface area (Å²) in [6, 6.07) is 22.2. The highest BCUT2D eigenvalue weighted by molar-refractivity contribution is 8.14. The number of benzene rings is 3. The van der Waals surface area contributed by atoms with Crippen LogP contribution in [0.2, 0.25) is 0 Å². The molecule has 9 heteroatoms. The Hall–Kier alpha value is -3.30. The molecule has 0 saturated heterocycles. The summed E-state index contributed by atoms with van der Waals surface area (Å²) in [5.41, 5.74) is 1.58. The number of amidine groups is 1. The topological polar surface area (TPSA) is 88.1 Å². The first-order chi connectivity index (χ1) is 16.0. The number of thioether (sulfide) groups is 1. The molecule has 0 bridgehead atoms. The van der Waals surface area contributed by atoms with E-state index in [1.807, 2.05) is 30.3 Å². The summed E-state index contributed by atoms with van der Waals surface area (Å²) < 4.78 is 34.0. The Labute approximate surface area is 197 Å². The number of amides is 1. The maximum Gasteiger partial charge on any atom is 0.264 e. The second kappa shape index (κ2) is 10.1. The summed E-state index contributed by atoms with van der Waals surface area (Å²) >= 11 is 1.46. The molecule has 0 atom stereocenters. The van der Waals surface area contributed by atoms with E-state index < -0.39 is 10.0 Å². The summed E-state index contributed by atoms with van der Waals surface area (Å²) in [6.45, 7) is 0.796. The first kappa shape index (κ1) is 22.9. The Morgan fingerprint density at radius 2 is 1.82 bits per heavy atom. The van der Waals surface area contributed by atoms with E-state index in [1.165, 1.54) is 28.2 Å². The molecule has 0 aliphatic carbocycles. The van der Waals surface area contributed by atoms with Crippen molar-refractivity contribution in [1.29, 1.82) is 0 Å². The average molecular weight is 482 g/mol. The van der Waals surface area contributed by atoms with Gasteiger partial charge in [0.05, 0.1) is 30.8 Å². The van der Waals surface area contributed by atoms with Crippen LogP contribution in [0.1, 0.15) is 15.9 Å².